The molecule has 4 aromatic rings. The second kappa shape index (κ2) is 10.0. The summed E-state index contributed by atoms with van der Waals surface area (Å²) in [7, 11) is 0. The maximum absolute atomic E-state index is 14.2. The zero-order chi connectivity index (χ0) is 26.7. The number of rotatable bonds is 8. The molecule has 0 unspecified atom stereocenters. The molecule has 0 saturated heterocycles. The lowest BCUT2D eigenvalue weighted by atomic mass is 10.0. The van der Waals surface area contributed by atoms with E-state index in [1.165, 1.54) is 32.3 Å². The minimum Gasteiger partial charge on any atom is -0.387 e. The second-order valence-corrected chi connectivity index (χ2v) is 8.92. The zero-order valence-corrected chi connectivity index (χ0v) is 20.1. The van der Waals surface area contributed by atoms with E-state index < -0.39 is 30.1 Å². The number of fused-ring (bicyclic) bond motifs is 1. The number of aromatic nitrogens is 3. The molecule has 5 N–H and O–H groups in total. The van der Waals surface area contributed by atoms with Crippen molar-refractivity contribution in [3.05, 3.63) is 77.7 Å². The van der Waals surface area contributed by atoms with Crippen LogP contribution in [0.5, 0.6) is 0 Å². The average Bonchev–Trinajstić information content (AvgIpc) is 3.29. The van der Waals surface area contributed by atoms with Crippen LogP contribution in [0.2, 0.25) is 0 Å². The summed E-state index contributed by atoms with van der Waals surface area (Å²) in [6.45, 7) is 2.22. The normalized spacial score (nSPS) is 12.1. The topological polar surface area (TPSA) is 159 Å². The molecule has 0 aliphatic rings. The van der Waals surface area contributed by atoms with Crippen molar-refractivity contribution in [2.24, 2.45) is 5.73 Å². The predicted octanol–water partition coefficient (Wildman–Crippen LogP) is 2.97. The van der Waals surface area contributed by atoms with Crippen LogP contribution in [0.4, 0.5) is 15.8 Å². The van der Waals surface area contributed by atoms with Crippen LogP contribution >= 0.6 is 0 Å². The van der Waals surface area contributed by atoms with Gasteiger partial charge in [-0.15, -0.1) is 0 Å². The van der Waals surface area contributed by atoms with Gasteiger partial charge < -0.3 is 21.5 Å². The van der Waals surface area contributed by atoms with Crippen molar-refractivity contribution in [1.29, 1.82) is 5.26 Å². The number of primary amides is 1. The van der Waals surface area contributed by atoms with Crippen molar-refractivity contribution < 1.29 is 19.1 Å². The van der Waals surface area contributed by atoms with Crippen LogP contribution in [-0.4, -0.2) is 49.8 Å². The number of hydrogen-bond donors (Lipinski definition) is 4. The van der Waals surface area contributed by atoms with Crippen LogP contribution in [0.1, 0.15) is 40.1 Å². The van der Waals surface area contributed by atoms with Gasteiger partial charge in [-0.05, 0) is 44.2 Å². The number of benzene rings is 1. The third-order valence-electron chi connectivity index (χ3n) is 5.67. The van der Waals surface area contributed by atoms with Crippen LogP contribution < -0.4 is 16.4 Å². The van der Waals surface area contributed by atoms with Gasteiger partial charge in [-0.25, -0.2) is 14.4 Å². The van der Waals surface area contributed by atoms with E-state index in [1.807, 2.05) is 6.07 Å². The summed E-state index contributed by atoms with van der Waals surface area (Å²) in [5, 5.41) is 25.3. The molecule has 3 aromatic heterocycles. The number of halogens is 1. The highest BCUT2D eigenvalue weighted by molar-refractivity contribution is 6.00. The highest BCUT2D eigenvalue weighted by atomic mass is 19.1. The molecule has 4 rings (SSSR count). The molecule has 37 heavy (non-hydrogen) atoms. The second-order valence-electron chi connectivity index (χ2n) is 8.92. The van der Waals surface area contributed by atoms with E-state index in [0.29, 0.717) is 28.4 Å². The molecule has 0 aliphatic carbocycles. The molecule has 0 bridgehead atoms. The fourth-order valence-corrected chi connectivity index (χ4v) is 3.56. The quantitative estimate of drug-likeness (QED) is 0.289. The number of hydrogen-bond acceptors (Lipinski definition) is 7. The van der Waals surface area contributed by atoms with Gasteiger partial charge in [0.25, 0.3) is 5.91 Å². The minimum absolute atomic E-state index is 0.104. The summed E-state index contributed by atoms with van der Waals surface area (Å²) in [6.07, 6.45) is 2.82. The molecule has 3 heterocycles. The number of nitriles is 1. The molecule has 11 heteroatoms. The Kier molecular flexibility index (Phi) is 6.86. The molecule has 0 saturated carbocycles. The largest absolute Gasteiger partial charge is 0.387 e. The van der Waals surface area contributed by atoms with Gasteiger partial charge in [0.1, 0.15) is 23.7 Å². The molecular weight excluding hydrogens is 477 g/mol. The van der Waals surface area contributed by atoms with Crippen molar-refractivity contribution >= 4 is 34.2 Å². The molecule has 2 amide bonds. The highest BCUT2D eigenvalue weighted by Gasteiger charge is 2.27. The van der Waals surface area contributed by atoms with Gasteiger partial charge in [0.15, 0.2) is 0 Å². The Morgan fingerprint density at radius 2 is 2.00 bits per heavy atom. The lowest BCUT2D eigenvalue weighted by molar-refractivity contribution is -0.00177. The van der Waals surface area contributed by atoms with Crippen LogP contribution in [0.15, 0.2) is 61.1 Å². The van der Waals surface area contributed by atoms with Gasteiger partial charge >= 0.3 is 0 Å². The van der Waals surface area contributed by atoms with Crippen LogP contribution in [0, 0.1) is 11.3 Å². The summed E-state index contributed by atoms with van der Waals surface area (Å²) >= 11 is 0. The molecule has 0 fully saturated rings. The molecule has 1 atom stereocenters. The van der Waals surface area contributed by atoms with Gasteiger partial charge in [0.05, 0.1) is 29.0 Å². The Hall–Kier alpha value is -4.82. The van der Waals surface area contributed by atoms with Gasteiger partial charge in [0, 0.05) is 41.3 Å². The molecule has 188 valence electrons. The number of nitrogens with one attached hydrogen (secondary N) is 2. The Bertz CT molecular complexity index is 1540. The summed E-state index contributed by atoms with van der Waals surface area (Å²) in [4.78, 5) is 33.3. The minimum atomic E-state index is -1.69. The first-order valence-corrected chi connectivity index (χ1v) is 11.3. The number of carbonyl (C=O) groups excluding carboxylic acids is 2. The van der Waals surface area contributed by atoms with E-state index in [0.717, 1.165) is 5.39 Å². The van der Waals surface area contributed by atoms with E-state index in [2.05, 4.69) is 20.6 Å². The lowest BCUT2D eigenvalue weighted by Crippen LogP contribution is -2.42. The average molecular weight is 502 g/mol. The molecule has 0 radical (unpaired) electrons. The van der Waals surface area contributed by atoms with E-state index >= 15 is 0 Å². The fraction of sp³-hybridized carbons (Fsp3) is 0.192. The third kappa shape index (κ3) is 5.55. The van der Waals surface area contributed by atoms with Gasteiger partial charge in [-0.1, -0.05) is 6.07 Å². The molecule has 1 aromatic carbocycles. The number of aliphatic hydroxyl groups is 1. The number of pyridine rings is 2. The fourth-order valence-electron chi connectivity index (χ4n) is 3.56. The van der Waals surface area contributed by atoms with E-state index in [1.54, 1.807) is 47.2 Å². The Morgan fingerprint density at radius 3 is 2.70 bits per heavy atom. The highest BCUT2D eigenvalue weighted by Crippen LogP contribution is 2.26. The molecule has 0 spiro atoms. The molecule has 10 nitrogen and oxygen atoms in total. The maximum Gasteiger partial charge on any atom is 0.255 e. The summed E-state index contributed by atoms with van der Waals surface area (Å²) in [5.74, 6) is -0.815. The van der Waals surface area contributed by atoms with Crippen LogP contribution in [-0.2, 0) is 0 Å². The Balaban J connectivity index is 1.73. The predicted molar refractivity (Wildman–Crippen MR) is 135 cm³/mol. The number of nitrogens with two attached hydrogens (primary N) is 1. The number of amides is 2. The van der Waals surface area contributed by atoms with Crippen molar-refractivity contribution in [2.45, 2.75) is 25.6 Å². The first kappa shape index (κ1) is 25.3. The number of alkyl halides is 1. The monoisotopic (exact) mass is 501 g/mol. The smallest absolute Gasteiger partial charge is 0.255 e. The summed E-state index contributed by atoms with van der Waals surface area (Å²) in [6, 6.07) is 13.6. The molecular formula is C26H24FN7O3. The van der Waals surface area contributed by atoms with E-state index in [4.69, 9.17) is 11.0 Å². The summed E-state index contributed by atoms with van der Waals surface area (Å²) < 4.78 is 15.9. The number of nitrogens with zero attached hydrogens (tertiary/aromatic N) is 4. The van der Waals surface area contributed by atoms with E-state index in [9.17, 15) is 19.1 Å². The SMILES string of the molecule is CC(C)(O)[C@H](F)CNC(=O)c1cnc(-n2ccc3cc(C#N)cnc32)cc1Nc1cccc(C(N)=O)c1. The van der Waals surface area contributed by atoms with Gasteiger partial charge in [-0.2, -0.15) is 5.26 Å². The third-order valence-corrected chi connectivity index (χ3v) is 5.67. The van der Waals surface area contributed by atoms with E-state index in [-0.39, 0.29) is 11.1 Å². The number of carbonyl (C=O) groups is 2. The van der Waals surface area contributed by atoms with Crippen LogP contribution in [0.3, 0.4) is 0 Å². The molecule has 0 aliphatic heterocycles. The van der Waals surface area contributed by atoms with Crippen molar-refractivity contribution in [3.8, 4) is 11.9 Å². The van der Waals surface area contributed by atoms with Gasteiger partial charge in [-0.3, -0.25) is 14.2 Å². The van der Waals surface area contributed by atoms with Crippen molar-refractivity contribution in [1.82, 2.24) is 19.9 Å². The first-order valence-electron chi connectivity index (χ1n) is 11.3. The first-order chi connectivity index (χ1) is 17.6. The van der Waals surface area contributed by atoms with Crippen molar-refractivity contribution in [2.75, 3.05) is 11.9 Å². The number of anilines is 2. The van der Waals surface area contributed by atoms with Crippen LogP contribution in [0.25, 0.3) is 16.9 Å². The Morgan fingerprint density at radius 1 is 1.22 bits per heavy atom. The van der Waals surface area contributed by atoms with Crippen molar-refractivity contribution in [3.63, 3.8) is 0 Å². The maximum atomic E-state index is 14.2. The standard InChI is InChI=1S/C26H24FN7O3/c1-26(2,37)21(27)14-32-25(36)19-13-30-22(34-7-6-17-8-15(11-28)12-31-24(17)34)10-20(19)33-18-5-3-4-16(9-18)23(29)35/h3-10,12-13,21,37H,14H2,1-2H3,(H2,29,35)(H,30,33)(H,32,36)/t21-/m1/s1. The van der Waals surface area contributed by atoms with Gasteiger partial charge in [0.2, 0.25) is 5.91 Å². The lowest BCUT2D eigenvalue weighted by Gasteiger charge is -2.22. The zero-order valence-electron chi connectivity index (χ0n) is 20.1. The summed E-state index contributed by atoms with van der Waals surface area (Å²) in [5.41, 5.74) is 5.91. The Labute approximate surface area is 211 Å².